The van der Waals surface area contributed by atoms with E-state index in [-0.39, 0.29) is 0 Å². The van der Waals surface area contributed by atoms with E-state index in [4.69, 9.17) is 0 Å². The Balaban J connectivity index is 1.95. The van der Waals surface area contributed by atoms with Crippen molar-refractivity contribution in [2.24, 2.45) is 0 Å². The largest absolute Gasteiger partial charge is 0.0654 e. The van der Waals surface area contributed by atoms with Crippen LogP contribution in [0, 0.1) is 6.92 Å². The second-order valence-corrected chi connectivity index (χ2v) is 5.80. The number of benzene rings is 2. The first-order chi connectivity index (χ1) is 9.78. The Morgan fingerprint density at radius 2 is 1.45 bits per heavy atom. The maximum absolute atomic E-state index is 2.38. The van der Waals surface area contributed by atoms with Gasteiger partial charge in [0.15, 0.2) is 0 Å². The van der Waals surface area contributed by atoms with Gasteiger partial charge >= 0.3 is 0 Å². The van der Waals surface area contributed by atoms with Crippen LogP contribution in [0.15, 0.2) is 48.5 Å². The van der Waals surface area contributed by atoms with Crippen molar-refractivity contribution < 1.29 is 0 Å². The zero-order chi connectivity index (χ0) is 14.2. The molecule has 2 rings (SSSR count). The zero-order valence-corrected chi connectivity index (χ0v) is 12.9. The van der Waals surface area contributed by atoms with Gasteiger partial charge in [-0.25, -0.2) is 0 Å². The van der Waals surface area contributed by atoms with Crippen molar-refractivity contribution in [2.75, 3.05) is 0 Å². The molecule has 0 aliphatic carbocycles. The Bertz CT molecular complexity index is 525. The van der Waals surface area contributed by atoms with Crippen LogP contribution in [0.2, 0.25) is 0 Å². The number of aryl methyl sites for hydroxylation is 2. The Kier molecular flexibility index (Phi) is 5.86. The van der Waals surface area contributed by atoms with E-state index < -0.39 is 0 Å². The standard InChI is InChI=1S/C20H26/c1-3-4-5-6-10-18-11-8-13-20(15-18)16-19-12-7-9-17(2)14-19/h7-9,11-15H,3-6,10,16H2,1-2H3. The van der Waals surface area contributed by atoms with Crippen LogP contribution < -0.4 is 0 Å². The molecule has 2 aromatic rings. The fourth-order valence-electron chi connectivity index (χ4n) is 2.71. The van der Waals surface area contributed by atoms with E-state index in [0.29, 0.717) is 0 Å². The van der Waals surface area contributed by atoms with Crippen molar-refractivity contribution in [3.8, 4) is 0 Å². The van der Waals surface area contributed by atoms with Gasteiger partial charge in [0.1, 0.15) is 0 Å². The number of hydrogen-bond acceptors (Lipinski definition) is 0. The van der Waals surface area contributed by atoms with Gasteiger partial charge in [0, 0.05) is 0 Å². The van der Waals surface area contributed by atoms with E-state index in [2.05, 4.69) is 62.4 Å². The van der Waals surface area contributed by atoms with Crippen molar-refractivity contribution in [1.82, 2.24) is 0 Å². The van der Waals surface area contributed by atoms with Crippen LogP contribution in [-0.4, -0.2) is 0 Å². The molecule has 0 radical (unpaired) electrons. The highest BCUT2D eigenvalue weighted by molar-refractivity contribution is 5.31. The molecular formula is C20H26. The summed E-state index contributed by atoms with van der Waals surface area (Å²) in [6.07, 6.45) is 7.63. The molecule has 0 amide bonds. The molecule has 0 aliphatic rings. The summed E-state index contributed by atoms with van der Waals surface area (Å²) in [6, 6.07) is 17.9. The number of hydrogen-bond donors (Lipinski definition) is 0. The van der Waals surface area contributed by atoms with Crippen LogP contribution in [0.3, 0.4) is 0 Å². The van der Waals surface area contributed by atoms with Crippen molar-refractivity contribution in [3.63, 3.8) is 0 Å². The summed E-state index contributed by atoms with van der Waals surface area (Å²) in [4.78, 5) is 0. The highest BCUT2D eigenvalue weighted by atomic mass is 14.0. The van der Waals surface area contributed by atoms with Gasteiger partial charge in [-0.3, -0.25) is 0 Å². The molecule has 0 bridgehead atoms. The van der Waals surface area contributed by atoms with Gasteiger partial charge in [0.25, 0.3) is 0 Å². The van der Waals surface area contributed by atoms with Crippen molar-refractivity contribution in [3.05, 3.63) is 70.8 Å². The summed E-state index contributed by atoms with van der Waals surface area (Å²) < 4.78 is 0. The first-order valence-electron chi connectivity index (χ1n) is 7.91. The molecule has 0 fully saturated rings. The molecule has 0 atom stereocenters. The van der Waals surface area contributed by atoms with Crippen LogP contribution in [0.1, 0.15) is 54.9 Å². The van der Waals surface area contributed by atoms with Gasteiger partial charge < -0.3 is 0 Å². The molecule has 20 heavy (non-hydrogen) atoms. The molecule has 0 heteroatoms. The molecule has 0 saturated carbocycles. The average molecular weight is 266 g/mol. The molecule has 2 aromatic carbocycles. The Morgan fingerprint density at radius 3 is 2.20 bits per heavy atom. The highest BCUT2D eigenvalue weighted by Gasteiger charge is 1.99. The third kappa shape index (κ3) is 4.85. The smallest absolute Gasteiger partial charge is 0.00256 e. The third-order valence-electron chi connectivity index (χ3n) is 3.80. The molecule has 0 aliphatic heterocycles. The predicted molar refractivity (Wildman–Crippen MR) is 88.3 cm³/mol. The minimum atomic E-state index is 1.05. The maximum atomic E-state index is 2.38. The highest BCUT2D eigenvalue weighted by Crippen LogP contribution is 2.15. The van der Waals surface area contributed by atoms with E-state index in [0.717, 1.165) is 6.42 Å². The first kappa shape index (κ1) is 14.8. The lowest BCUT2D eigenvalue weighted by Crippen LogP contribution is -1.92. The third-order valence-corrected chi connectivity index (χ3v) is 3.80. The second-order valence-electron chi connectivity index (χ2n) is 5.80. The van der Waals surface area contributed by atoms with Gasteiger partial charge in [0.2, 0.25) is 0 Å². The zero-order valence-electron chi connectivity index (χ0n) is 12.9. The van der Waals surface area contributed by atoms with Crippen molar-refractivity contribution >= 4 is 0 Å². The van der Waals surface area contributed by atoms with Crippen LogP contribution in [0.25, 0.3) is 0 Å². The maximum Gasteiger partial charge on any atom is -0.00256 e. The van der Waals surface area contributed by atoms with E-state index in [1.807, 2.05) is 0 Å². The summed E-state index contributed by atoms with van der Waals surface area (Å²) in [5, 5.41) is 0. The fraction of sp³-hybridized carbons (Fsp3) is 0.400. The van der Waals surface area contributed by atoms with E-state index in [1.165, 1.54) is 54.4 Å². The van der Waals surface area contributed by atoms with Crippen LogP contribution in [-0.2, 0) is 12.8 Å². The topological polar surface area (TPSA) is 0 Å². The van der Waals surface area contributed by atoms with E-state index in [1.54, 1.807) is 0 Å². The van der Waals surface area contributed by atoms with Gasteiger partial charge in [0.05, 0.1) is 0 Å². The molecular weight excluding hydrogens is 240 g/mol. The van der Waals surface area contributed by atoms with Crippen LogP contribution >= 0.6 is 0 Å². The van der Waals surface area contributed by atoms with Gasteiger partial charge in [-0.2, -0.15) is 0 Å². The van der Waals surface area contributed by atoms with Gasteiger partial charge in [-0.15, -0.1) is 0 Å². The number of rotatable bonds is 7. The Labute approximate surface area is 123 Å². The normalized spacial score (nSPS) is 10.7. The molecule has 0 N–H and O–H groups in total. The summed E-state index contributed by atoms with van der Waals surface area (Å²) >= 11 is 0. The minimum absolute atomic E-state index is 1.05. The second kappa shape index (κ2) is 7.89. The first-order valence-corrected chi connectivity index (χ1v) is 7.91. The van der Waals surface area contributed by atoms with Crippen LogP contribution in [0.5, 0.6) is 0 Å². The lowest BCUT2D eigenvalue weighted by atomic mass is 9.99. The Morgan fingerprint density at radius 1 is 0.750 bits per heavy atom. The summed E-state index contributed by atoms with van der Waals surface area (Å²) in [7, 11) is 0. The van der Waals surface area contributed by atoms with E-state index >= 15 is 0 Å². The molecule has 0 saturated heterocycles. The average Bonchev–Trinajstić information content (AvgIpc) is 2.44. The SMILES string of the molecule is CCCCCCc1cccc(Cc2cccc(C)c2)c1. The Hall–Kier alpha value is -1.56. The quantitative estimate of drug-likeness (QED) is 0.563. The molecule has 0 unspecified atom stereocenters. The number of unbranched alkanes of at least 4 members (excludes halogenated alkanes) is 3. The van der Waals surface area contributed by atoms with E-state index in [9.17, 15) is 0 Å². The summed E-state index contributed by atoms with van der Waals surface area (Å²) in [5.74, 6) is 0. The molecule has 0 nitrogen and oxygen atoms in total. The van der Waals surface area contributed by atoms with Crippen molar-refractivity contribution in [1.29, 1.82) is 0 Å². The molecule has 0 heterocycles. The van der Waals surface area contributed by atoms with Crippen molar-refractivity contribution in [2.45, 2.75) is 52.4 Å². The molecule has 0 spiro atoms. The minimum Gasteiger partial charge on any atom is -0.0654 e. The predicted octanol–water partition coefficient (Wildman–Crippen LogP) is 5.71. The fourth-order valence-corrected chi connectivity index (χ4v) is 2.71. The summed E-state index contributed by atoms with van der Waals surface area (Å²) in [6.45, 7) is 4.43. The van der Waals surface area contributed by atoms with Crippen LogP contribution in [0.4, 0.5) is 0 Å². The lowest BCUT2D eigenvalue weighted by Gasteiger charge is -2.06. The summed E-state index contributed by atoms with van der Waals surface area (Å²) in [5.41, 5.74) is 5.68. The monoisotopic (exact) mass is 266 g/mol. The van der Waals surface area contributed by atoms with Gasteiger partial charge in [-0.05, 0) is 42.9 Å². The molecule has 106 valence electrons. The molecule has 0 aromatic heterocycles. The van der Waals surface area contributed by atoms with Gasteiger partial charge in [-0.1, -0.05) is 80.3 Å². The lowest BCUT2D eigenvalue weighted by molar-refractivity contribution is 0.666.